The van der Waals surface area contributed by atoms with E-state index in [2.05, 4.69) is 22.5 Å². The van der Waals surface area contributed by atoms with Crippen LogP contribution in [0, 0.1) is 0 Å². The maximum atomic E-state index is 13.3. The van der Waals surface area contributed by atoms with E-state index in [9.17, 15) is 9.59 Å². The van der Waals surface area contributed by atoms with Gasteiger partial charge in [0.25, 0.3) is 11.8 Å². The lowest BCUT2D eigenvalue weighted by Gasteiger charge is -2.30. The van der Waals surface area contributed by atoms with Gasteiger partial charge in [0.15, 0.2) is 0 Å². The van der Waals surface area contributed by atoms with Crippen molar-refractivity contribution < 1.29 is 9.59 Å². The molecule has 5 nitrogen and oxygen atoms in total. The Labute approximate surface area is 208 Å². The van der Waals surface area contributed by atoms with Gasteiger partial charge < -0.3 is 15.5 Å². The number of hydrogen-bond donors (Lipinski definition) is 2. The van der Waals surface area contributed by atoms with E-state index in [1.54, 1.807) is 6.07 Å². The van der Waals surface area contributed by atoms with Crippen LogP contribution in [0.15, 0.2) is 72.8 Å². The zero-order chi connectivity index (χ0) is 24.5. The molecule has 0 radical (unpaired) electrons. The van der Waals surface area contributed by atoms with Crippen LogP contribution < -0.4 is 15.5 Å². The lowest BCUT2D eigenvalue weighted by atomic mass is 10.0. The number of nitrogens with one attached hydrogen (secondary N) is 2. The fraction of sp³-hybridized carbons (Fsp3) is 0.333. The number of anilines is 2. The van der Waals surface area contributed by atoms with Crippen molar-refractivity contribution >= 4 is 23.2 Å². The van der Waals surface area contributed by atoms with Crippen LogP contribution in [0.5, 0.6) is 0 Å². The second-order valence-corrected chi connectivity index (χ2v) is 9.20. The van der Waals surface area contributed by atoms with Crippen molar-refractivity contribution in [3.63, 3.8) is 0 Å². The molecule has 1 heterocycles. The highest BCUT2D eigenvalue weighted by molar-refractivity contribution is 6.06. The Morgan fingerprint density at radius 1 is 0.829 bits per heavy atom. The van der Waals surface area contributed by atoms with Crippen molar-refractivity contribution in [3.05, 3.63) is 95.1 Å². The summed E-state index contributed by atoms with van der Waals surface area (Å²) in [5.41, 5.74) is 5.04. The van der Waals surface area contributed by atoms with Crippen LogP contribution in [0.25, 0.3) is 0 Å². The molecule has 0 unspecified atom stereocenters. The van der Waals surface area contributed by atoms with E-state index < -0.39 is 0 Å². The molecule has 3 aromatic carbocycles. The number of unbranched alkanes of at least 4 members (excludes halogenated alkanes) is 1. The molecule has 1 fully saturated rings. The molecule has 182 valence electrons. The minimum absolute atomic E-state index is 0.134. The Balaban J connectivity index is 1.51. The molecule has 2 N–H and O–H groups in total. The molecule has 0 spiro atoms. The number of hydrogen-bond acceptors (Lipinski definition) is 3. The van der Waals surface area contributed by atoms with Crippen LogP contribution in [0.4, 0.5) is 11.4 Å². The van der Waals surface area contributed by atoms with Gasteiger partial charge >= 0.3 is 0 Å². The van der Waals surface area contributed by atoms with Crippen molar-refractivity contribution in [1.29, 1.82) is 0 Å². The number of piperidine rings is 1. The predicted octanol–water partition coefficient (Wildman–Crippen LogP) is 6.20. The fourth-order valence-corrected chi connectivity index (χ4v) is 4.49. The van der Waals surface area contributed by atoms with Gasteiger partial charge in [-0.05, 0) is 73.6 Å². The van der Waals surface area contributed by atoms with Crippen molar-refractivity contribution in [2.45, 2.75) is 52.0 Å². The third-order valence-electron chi connectivity index (χ3n) is 6.53. The van der Waals surface area contributed by atoms with E-state index in [0.29, 0.717) is 23.4 Å². The summed E-state index contributed by atoms with van der Waals surface area (Å²) in [7, 11) is 0. The molecule has 5 heteroatoms. The first-order valence-corrected chi connectivity index (χ1v) is 12.8. The van der Waals surface area contributed by atoms with Crippen LogP contribution >= 0.6 is 0 Å². The third-order valence-corrected chi connectivity index (χ3v) is 6.53. The first-order chi connectivity index (χ1) is 17.1. The molecule has 0 saturated carbocycles. The molecular weight excluding hydrogens is 434 g/mol. The van der Waals surface area contributed by atoms with Gasteiger partial charge in [-0.2, -0.15) is 0 Å². The molecule has 4 rings (SSSR count). The normalized spacial score (nSPS) is 13.3. The second-order valence-electron chi connectivity index (χ2n) is 9.20. The summed E-state index contributed by atoms with van der Waals surface area (Å²) >= 11 is 0. The molecule has 2 amide bonds. The van der Waals surface area contributed by atoms with Gasteiger partial charge in [-0.25, -0.2) is 0 Å². The summed E-state index contributed by atoms with van der Waals surface area (Å²) in [4.78, 5) is 28.4. The van der Waals surface area contributed by atoms with Gasteiger partial charge in [-0.15, -0.1) is 0 Å². The monoisotopic (exact) mass is 469 g/mol. The lowest BCUT2D eigenvalue weighted by Crippen LogP contribution is -2.32. The first kappa shape index (κ1) is 24.5. The molecule has 35 heavy (non-hydrogen) atoms. The number of carbonyl (C=O) groups is 2. The summed E-state index contributed by atoms with van der Waals surface area (Å²) in [6.45, 7) is 4.51. The van der Waals surface area contributed by atoms with Crippen LogP contribution in [0.1, 0.15) is 70.9 Å². The third kappa shape index (κ3) is 6.72. The van der Waals surface area contributed by atoms with Gasteiger partial charge in [-0.1, -0.05) is 55.8 Å². The summed E-state index contributed by atoms with van der Waals surface area (Å²) in [6.07, 6.45) is 6.78. The maximum absolute atomic E-state index is 13.3. The van der Waals surface area contributed by atoms with Crippen LogP contribution in [-0.4, -0.2) is 24.9 Å². The highest BCUT2D eigenvalue weighted by Crippen LogP contribution is 2.28. The molecule has 0 bridgehead atoms. The molecule has 0 aliphatic carbocycles. The summed E-state index contributed by atoms with van der Waals surface area (Å²) in [5, 5.41) is 6.03. The quantitative estimate of drug-likeness (QED) is 0.392. The van der Waals surface area contributed by atoms with Crippen molar-refractivity contribution in [1.82, 2.24) is 5.32 Å². The van der Waals surface area contributed by atoms with Gasteiger partial charge in [-0.3, -0.25) is 9.59 Å². The number of carbonyl (C=O) groups excluding carboxylic acids is 2. The average molecular weight is 470 g/mol. The van der Waals surface area contributed by atoms with E-state index in [4.69, 9.17) is 0 Å². The Kier molecular flexibility index (Phi) is 8.55. The Morgan fingerprint density at radius 2 is 1.57 bits per heavy atom. The molecule has 1 aliphatic heterocycles. The largest absolute Gasteiger partial charge is 0.371 e. The zero-order valence-corrected chi connectivity index (χ0v) is 20.6. The SMILES string of the molecule is CCCCc1ccc(C(=O)Nc2ccc(N3CCCCC3)c(C(=O)NCc3ccccc3)c2)cc1. The van der Waals surface area contributed by atoms with Crippen molar-refractivity contribution in [2.24, 2.45) is 0 Å². The van der Waals surface area contributed by atoms with Crippen molar-refractivity contribution in [3.8, 4) is 0 Å². The number of rotatable bonds is 9. The summed E-state index contributed by atoms with van der Waals surface area (Å²) < 4.78 is 0. The smallest absolute Gasteiger partial charge is 0.255 e. The fourth-order valence-electron chi connectivity index (χ4n) is 4.49. The van der Waals surface area contributed by atoms with E-state index in [0.717, 1.165) is 56.4 Å². The maximum Gasteiger partial charge on any atom is 0.255 e. The minimum atomic E-state index is -0.173. The highest BCUT2D eigenvalue weighted by Gasteiger charge is 2.20. The van der Waals surface area contributed by atoms with Gasteiger partial charge in [0.1, 0.15) is 0 Å². The summed E-state index contributed by atoms with van der Waals surface area (Å²) in [5.74, 6) is -0.306. The average Bonchev–Trinajstić information content (AvgIpc) is 2.92. The van der Waals surface area contributed by atoms with Crippen LogP contribution in [-0.2, 0) is 13.0 Å². The molecule has 0 atom stereocenters. The van der Waals surface area contributed by atoms with Crippen molar-refractivity contribution in [2.75, 3.05) is 23.3 Å². The number of aryl methyl sites for hydroxylation is 1. The lowest BCUT2D eigenvalue weighted by molar-refractivity contribution is 0.0950. The topological polar surface area (TPSA) is 61.4 Å². The predicted molar refractivity (Wildman–Crippen MR) is 143 cm³/mol. The van der Waals surface area contributed by atoms with Gasteiger partial charge in [0, 0.05) is 36.6 Å². The van der Waals surface area contributed by atoms with Crippen LogP contribution in [0.2, 0.25) is 0 Å². The number of nitrogens with zero attached hydrogens (tertiary/aromatic N) is 1. The van der Waals surface area contributed by atoms with E-state index >= 15 is 0 Å². The number of benzene rings is 3. The van der Waals surface area contributed by atoms with E-state index in [-0.39, 0.29) is 11.8 Å². The zero-order valence-electron chi connectivity index (χ0n) is 20.6. The summed E-state index contributed by atoms with van der Waals surface area (Å²) in [6, 6.07) is 23.3. The molecular formula is C30H35N3O2. The molecule has 1 aliphatic rings. The Hall–Kier alpha value is -3.60. The molecule has 3 aromatic rings. The minimum Gasteiger partial charge on any atom is -0.371 e. The van der Waals surface area contributed by atoms with E-state index in [1.165, 1.54) is 12.0 Å². The van der Waals surface area contributed by atoms with E-state index in [1.807, 2.05) is 66.7 Å². The highest BCUT2D eigenvalue weighted by atomic mass is 16.2. The van der Waals surface area contributed by atoms with Gasteiger partial charge in [0.05, 0.1) is 5.56 Å². The second kappa shape index (κ2) is 12.2. The Morgan fingerprint density at radius 3 is 2.29 bits per heavy atom. The standard InChI is InChI=1S/C30H35N3O2/c1-2-3-10-23-13-15-25(16-14-23)29(34)32-26-17-18-28(33-19-8-5-9-20-33)27(21-26)30(35)31-22-24-11-6-4-7-12-24/h4,6-7,11-18,21H,2-3,5,8-10,19-20,22H2,1H3,(H,31,35)(H,32,34). The van der Waals surface area contributed by atoms with Gasteiger partial charge in [0.2, 0.25) is 0 Å². The Bertz CT molecular complexity index is 1120. The number of amides is 2. The first-order valence-electron chi connectivity index (χ1n) is 12.8. The molecule has 0 aromatic heterocycles. The van der Waals surface area contributed by atoms with Crippen LogP contribution in [0.3, 0.4) is 0 Å². The molecule has 1 saturated heterocycles.